The minimum Gasteiger partial charge on any atom is -0.345 e. The second kappa shape index (κ2) is 6.41. The Morgan fingerprint density at radius 2 is 1.87 bits per heavy atom. The Balaban J connectivity index is 2.07. The van der Waals surface area contributed by atoms with Gasteiger partial charge in [0.05, 0.1) is 18.5 Å². The Morgan fingerprint density at radius 3 is 2.35 bits per heavy atom. The summed E-state index contributed by atoms with van der Waals surface area (Å²) in [6.45, 7) is 3.83. The molecule has 0 fully saturated rings. The van der Waals surface area contributed by atoms with E-state index >= 15 is 0 Å². The monoisotopic (exact) mass is 336 g/mol. The van der Waals surface area contributed by atoms with Crippen LogP contribution in [0.15, 0.2) is 30.5 Å². The number of nitrogens with one attached hydrogen (secondary N) is 2. The van der Waals surface area contributed by atoms with Gasteiger partial charge in [0.25, 0.3) is 5.91 Å². The fourth-order valence-electron chi connectivity index (χ4n) is 2.20. The third kappa shape index (κ3) is 4.32. The maximum Gasteiger partial charge on any atom is 0.251 e. The Morgan fingerprint density at radius 1 is 1.26 bits per heavy atom. The van der Waals surface area contributed by atoms with Gasteiger partial charge in [-0.3, -0.25) is 14.2 Å². The Kier molecular flexibility index (Phi) is 4.74. The SMILES string of the molecule is Cc1c([C@H](C)NC(=O)c2ccc(NS(C)(=O)=O)cc2)cnn1C. The van der Waals surface area contributed by atoms with Crippen LogP contribution >= 0.6 is 0 Å². The Bertz CT molecular complexity index is 810. The molecular formula is C15H20N4O3S. The molecule has 0 spiro atoms. The quantitative estimate of drug-likeness (QED) is 0.867. The molecule has 0 saturated carbocycles. The van der Waals surface area contributed by atoms with E-state index in [1.807, 2.05) is 20.9 Å². The number of rotatable bonds is 5. The Labute approximate surface area is 135 Å². The van der Waals surface area contributed by atoms with Gasteiger partial charge in [0.2, 0.25) is 10.0 Å². The molecule has 0 unspecified atom stereocenters. The number of carbonyl (C=O) groups excluding carboxylic acids is 1. The van der Waals surface area contributed by atoms with Crippen LogP contribution in [0.2, 0.25) is 0 Å². The summed E-state index contributed by atoms with van der Waals surface area (Å²) in [4.78, 5) is 12.3. The number of aromatic nitrogens is 2. The molecule has 1 aromatic heterocycles. The highest BCUT2D eigenvalue weighted by Gasteiger charge is 2.15. The molecule has 0 bridgehead atoms. The predicted octanol–water partition coefficient (Wildman–Crippen LogP) is 1.59. The standard InChI is InChI=1S/C15H20N4O3S/c1-10(14-9-16-19(3)11(14)2)17-15(20)12-5-7-13(8-6-12)18-23(4,21)22/h5-10,18H,1-4H3,(H,17,20)/t10-/m0/s1. The summed E-state index contributed by atoms with van der Waals surface area (Å²) >= 11 is 0. The highest BCUT2D eigenvalue weighted by molar-refractivity contribution is 7.92. The van der Waals surface area contributed by atoms with Crippen molar-refractivity contribution in [3.8, 4) is 0 Å². The van der Waals surface area contributed by atoms with Gasteiger partial charge in [-0.2, -0.15) is 5.10 Å². The van der Waals surface area contributed by atoms with Crippen molar-refractivity contribution >= 4 is 21.6 Å². The van der Waals surface area contributed by atoms with Gasteiger partial charge in [-0.1, -0.05) is 0 Å². The zero-order valence-corrected chi connectivity index (χ0v) is 14.3. The summed E-state index contributed by atoms with van der Waals surface area (Å²) < 4.78 is 26.4. The first-order valence-electron chi connectivity index (χ1n) is 7.04. The van der Waals surface area contributed by atoms with E-state index in [-0.39, 0.29) is 11.9 Å². The summed E-state index contributed by atoms with van der Waals surface area (Å²) in [5.74, 6) is -0.230. The Hall–Kier alpha value is -2.35. The van der Waals surface area contributed by atoms with Crippen LogP contribution in [-0.2, 0) is 17.1 Å². The molecule has 124 valence electrons. The summed E-state index contributed by atoms with van der Waals surface area (Å²) in [7, 11) is -1.48. The first kappa shape index (κ1) is 17.0. The van der Waals surface area contributed by atoms with Crippen LogP contribution in [0.25, 0.3) is 0 Å². The van der Waals surface area contributed by atoms with Crippen molar-refractivity contribution < 1.29 is 13.2 Å². The molecule has 0 aliphatic carbocycles. The van der Waals surface area contributed by atoms with E-state index in [1.165, 1.54) is 0 Å². The normalized spacial score (nSPS) is 12.7. The van der Waals surface area contributed by atoms with Crippen molar-refractivity contribution in [3.63, 3.8) is 0 Å². The van der Waals surface area contributed by atoms with Gasteiger partial charge in [-0.25, -0.2) is 8.42 Å². The molecule has 2 aromatic rings. The fourth-order valence-corrected chi connectivity index (χ4v) is 2.77. The van der Waals surface area contributed by atoms with E-state index in [1.54, 1.807) is 35.1 Å². The van der Waals surface area contributed by atoms with Crippen LogP contribution in [-0.4, -0.2) is 30.4 Å². The molecule has 1 aromatic carbocycles. The summed E-state index contributed by atoms with van der Waals surface area (Å²) in [6.07, 6.45) is 2.81. The van der Waals surface area contributed by atoms with Gasteiger partial charge in [0, 0.05) is 29.6 Å². The van der Waals surface area contributed by atoms with Gasteiger partial charge < -0.3 is 5.32 Å². The molecule has 2 rings (SSSR count). The molecule has 8 heteroatoms. The number of hydrogen-bond acceptors (Lipinski definition) is 4. The molecule has 0 radical (unpaired) electrons. The van der Waals surface area contributed by atoms with Gasteiger partial charge in [0.15, 0.2) is 0 Å². The molecule has 0 aliphatic rings. The van der Waals surface area contributed by atoms with Crippen molar-refractivity contribution in [1.29, 1.82) is 0 Å². The molecule has 7 nitrogen and oxygen atoms in total. The largest absolute Gasteiger partial charge is 0.345 e. The smallest absolute Gasteiger partial charge is 0.251 e. The van der Waals surface area contributed by atoms with Gasteiger partial charge >= 0.3 is 0 Å². The van der Waals surface area contributed by atoms with E-state index in [2.05, 4.69) is 15.1 Å². The highest BCUT2D eigenvalue weighted by atomic mass is 32.2. The molecule has 1 amide bonds. The minimum absolute atomic E-state index is 0.176. The summed E-state index contributed by atoms with van der Waals surface area (Å²) in [6, 6.07) is 6.08. The number of aryl methyl sites for hydroxylation is 1. The zero-order valence-electron chi connectivity index (χ0n) is 13.5. The van der Waals surface area contributed by atoms with Crippen LogP contribution in [0.3, 0.4) is 0 Å². The lowest BCUT2D eigenvalue weighted by Gasteiger charge is -2.14. The van der Waals surface area contributed by atoms with Crippen molar-refractivity contribution in [2.45, 2.75) is 19.9 Å². The second-order valence-corrected chi connectivity index (χ2v) is 7.20. The number of amides is 1. The first-order chi connectivity index (χ1) is 10.7. The zero-order chi connectivity index (χ0) is 17.2. The van der Waals surface area contributed by atoms with E-state index in [4.69, 9.17) is 0 Å². The van der Waals surface area contributed by atoms with Crippen LogP contribution in [0.1, 0.15) is 34.6 Å². The second-order valence-electron chi connectivity index (χ2n) is 5.46. The molecule has 23 heavy (non-hydrogen) atoms. The number of carbonyl (C=O) groups is 1. The number of hydrogen-bond donors (Lipinski definition) is 2. The number of anilines is 1. The number of sulfonamides is 1. The first-order valence-corrected chi connectivity index (χ1v) is 8.94. The maximum atomic E-state index is 12.3. The summed E-state index contributed by atoms with van der Waals surface area (Å²) in [5, 5.41) is 7.07. The van der Waals surface area contributed by atoms with Crippen molar-refractivity contribution in [2.24, 2.45) is 7.05 Å². The molecule has 2 N–H and O–H groups in total. The van der Waals surface area contributed by atoms with Crippen LogP contribution in [0, 0.1) is 6.92 Å². The average molecular weight is 336 g/mol. The molecule has 0 saturated heterocycles. The minimum atomic E-state index is -3.33. The van der Waals surface area contributed by atoms with E-state index in [0.717, 1.165) is 17.5 Å². The topological polar surface area (TPSA) is 93.1 Å². The highest BCUT2D eigenvalue weighted by Crippen LogP contribution is 2.17. The molecule has 1 atom stereocenters. The van der Waals surface area contributed by atoms with Crippen molar-refractivity contribution in [2.75, 3.05) is 11.0 Å². The van der Waals surface area contributed by atoms with Gasteiger partial charge in [-0.15, -0.1) is 0 Å². The van der Waals surface area contributed by atoms with E-state index in [0.29, 0.717) is 11.3 Å². The number of benzene rings is 1. The molecule has 0 aliphatic heterocycles. The van der Waals surface area contributed by atoms with Crippen molar-refractivity contribution in [3.05, 3.63) is 47.3 Å². The van der Waals surface area contributed by atoms with Crippen LogP contribution < -0.4 is 10.0 Å². The van der Waals surface area contributed by atoms with Crippen LogP contribution in [0.5, 0.6) is 0 Å². The molecular weight excluding hydrogens is 316 g/mol. The maximum absolute atomic E-state index is 12.3. The van der Waals surface area contributed by atoms with Crippen LogP contribution in [0.4, 0.5) is 5.69 Å². The summed E-state index contributed by atoms with van der Waals surface area (Å²) in [5.41, 5.74) is 2.82. The third-order valence-electron chi connectivity index (χ3n) is 3.54. The van der Waals surface area contributed by atoms with E-state index < -0.39 is 10.0 Å². The fraction of sp³-hybridized carbons (Fsp3) is 0.333. The lowest BCUT2D eigenvalue weighted by Crippen LogP contribution is -2.26. The van der Waals surface area contributed by atoms with Gasteiger partial charge in [0.1, 0.15) is 0 Å². The lowest BCUT2D eigenvalue weighted by atomic mass is 10.1. The van der Waals surface area contributed by atoms with Crippen molar-refractivity contribution in [1.82, 2.24) is 15.1 Å². The predicted molar refractivity (Wildman–Crippen MR) is 88.7 cm³/mol. The lowest BCUT2D eigenvalue weighted by molar-refractivity contribution is 0.0940. The molecule has 1 heterocycles. The van der Waals surface area contributed by atoms with Gasteiger partial charge in [-0.05, 0) is 38.1 Å². The van der Waals surface area contributed by atoms with E-state index in [9.17, 15) is 13.2 Å². The average Bonchev–Trinajstić information content (AvgIpc) is 2.78. The third-order valence-corrected chi connectivity index (χ3v) is 4.14. The number of nitrogens with zero attached hydrogens (tertiary/aromatic N) is 2.